The lowest BCUT2D eigenvalue weighted by Crippen LogP contribution is -2.29. The predicted octanol–water partition coefficient (Wildman–Crippen LogP) is 4.00. The third kappa shape index (κ3) is 3.91. The van der Waals surface area contributed by atoms with Crippen molar-refractivity contribution in [3.05, 3.63) is 29.3 Å². The first-order valence-corrected chi connectivity index (χ1v) is 9.03. The van der Waals surface area contributed by atoms with E-state index >= 15 is 0 Å². The Morgan fingerprint density at radius 2 is 1.92 bits per heavy atom. The van der Waals surface area contributed by atoms with Crippen LogP contribution in [0, 0.1) is 5.41 Å². The fourth-order valence-electron chi connectivity index (χ4n) is 3.21. The Hall–Kier alpha value is -1.77. The van der Waals surface area contributed by atoms with E-state index in [2.05, 4.69) is 8.92 Å². The zero-order valence-corrected chi connectivity index (χ0v) is 14.8. The molecule has 1 aromatic rings. The zero-order chi connectivity index (χ0) is 19.0. The van der Waals surface area contributed by atoms with Gasteiger partial charge in [0, 0.05) is 5.56 Å². The highest BCUT2D eigenvalue weighted by atomic mass is 32.2. The maximum Gasteiger partial charge on any atom is 0.534 e. The first-order chi connectivity index (χ1) is 11.4. The molecule has 1 fully saturated rings. The summed E-state index contributed by atoms with van der Waals surface area (Å²) in [5, 5.41) is 0. The summed E-state index contributed by atoms with van der Waals surface area (Å²) in [6.45, 7) is 3.88. The molecule has 0 aliphatic heterocycles. The van der Waals surface area contributed by atoms with Gasteiger partial charge in [0.1, 0.15) is 5.75 Å². The highest BCUT2D eigenvalue weighted by molar-refractivity contribution is 7.88. The van der Waals surface area contributed by atoms with Crippen LogP contribution in [0.4, 0.5) is 13.2 Å². The molecule has 1 saturated carbocycles. The van der Waals surface area contributed by atoms with Crippen LogP contribution < -0.4 is 4.18 Å². The number of alkyl halides is 3. The molecule has 0 saturated heterocycles. The molecule has 0 radical (unpaired) electrons. The van der Waals surface area contributed by atoms with Crippen molar-refractivity contribution in [3.8, 4) is 5.75 Å². The normalized spacial score (nSPS) is 20.3. The molecule has 140 valence electrons. The summed E-state index contributed by atoms with van der Waals surface area (Å²) in [5.41, 5.74) is -5.42. The molecule has 0 bridgehead atoms. The molecule has 1 aliphatic rings. The number of carbonyl (C=O) groups excluding carboxylic acids is 1. The number of methoxy groups -OCH3 is 1. The van der Waals surface area contributed by atoms with Crippen molar-refractivity contribution in [3.63, 3.8) is 0 Å². The Balaban J connectivity index is 2.54. The smallest absolute Gasteiger partial charge is 0.465 e. The van der Waals surface area contributed by atoms with Crippen molar-refractivity contribution >= 4 is 16.1 Å². The van der Waals surface area contributed by atoms with E-state index in [1.165, 1.54) is 19.2 Å². The summed E-state index contributed by atoms with van der Waals surface area (Å²) in [5.74, 6) is -1.32. The van der Waals surface area contributed by atoms with Gasteiger partial charge in [0.25, 0.3) is 0 Å². The van der Waals surface area contributed by atoms with Crippen molar-refractivity contribution in [2.24, 2.45) is 5.41 Å². The van der Waals surface area contributed by atoms with Crippen LogP contribution in [0.1, 0.15) is 54.9 Å². The van der Waals surface area contributed by atoms with Gasteiger partial charge in [-0.25, -0.2) is 4.79 Å². The number of benzene rings is 1. The minimum atomic E-state index is -5.79. The third-order valence-corrected chi connectivity index (χ3v) is 5.51. The SMILES string of the molecule is COC(=O)c1ccc(OS(=O)(=O)C(F)(F)F)c(C2CCCC2(C)C)c1. The Kier molecular flexibility index (Phi) is 5.09. The summed E-state index contributed by atoms with van der Waals surface area (Å²) in [7, 11) is -4.61. The number of hydrogen-bond acceptors (Lipinski definition) is 5. The Morgan fingerprint density at radius 1 is 1.28 bits per heavy atom. The zero-order valence-electron chi connectivity index (χ0n) is 14.0. The molecular formula is C16H19F3O5S. The van der Waals surface area contributed by atoms with Crippen molar-refractivity contribution in [2.45, 2.75) is 44.5 Å². The molecular weight excluding hydrogens is 361 g/mol. The largest absolute Gasteiger partial charge is 0.534 e. The van der Waals surface area contributed by atoms with E-state index in [1.807, 2.05) is 13.8 Å². The minimum Gasteiger partial charge on any atom is -0.465 e. The number of halogens is 3. The van der Waals surface area contributed by atoms with Gasteiger partial charge in [-0.3, -0.25) is 0 Å². The quantitative estimate of drug-likeness (QED) is 0.449. The van der Waals surface area contributed by atoms with Crippen LogP contribution in [0.5, 0.6) is 5.75 Å². The van der Waals surface area contributed by atoms with E-state index < -0.39 is 27.3 Å². The molecule has 9 heteroatoms. The summed E-state index contributed by atoms with van der Waals surface area (Å²) < 4.78 is 69.7. The average molecular weight is 380 g/mol. The minimum absolute atomic E-state index is 0.122. The van der Waals surface area contributed by atoms with E-state index in [0.717, 1.165) is 18.9 Å². The van der Waals surface area contributed by atoms with E-state index in [0.29, 0.717) is 6.42 Å². The van der Waals surface area contributed by atoms with Gasteiger partial charge < -0.3 is 8.92 Å². The number of carbonyl (C=O) groups is 1. The maximum atomic E-state index is 12.7. The monoisotopic (exact) mass is 380 g/mol. The van der Waals surface area contributed by atoms with E-state index in [1.54, 1.807) is 0 Å². The number of hydrogen-bond donors (Lipinski definition) is 0. The van der Waals surface area contributed by atoms with Gasteiger partial charge in [-0.1, -0.05) is 20.3 Å². The Labute approximate surface area is 144 Å². The van der Waals surface area contributed by atoms with Crippen LogP contribution in [0.15, 0.2) is 18.2 Å². The van der Waals surface area contributed by atoms with Gasteiger partial charge in [0.15, 0.2) is 0 Å². The Bertz CT molecular complexity index is 768. The topological polar surface area (TPSA) is 69.7 Å². The highest BCUT2D eigenvalue weighted by Crippen LogP contribution is 2.51. The van der Waals surface area contributed by atoms with Crippen LogP contribution >= 0.6 is 0 Å². The molecule has 2 rings (SSSR count). The molecule has 0 amide bonds. The molecule has 25 heavy (non-hydrogen) atoms. The second-order valence-corrected chi connectivity index (χ2v) is 8.20. The highest BCUT2D eigenvalue weighted by Gasteiger charge is 2.49. The van der Waals surface area contributed by atoms with Gasteiger partial charge in [0.2, 0.25) is 0 Å². The standard InChI is InChI=1S/C16H19F3O5S/c1-15(2)8-4-5-12(15)11-9-10(14(20)23-3)6-7-13(11)24-25(21,22)16(17,18)19/h6-7,9,12H,4-5,8H2,1-3H3. The molecule has 0 N–H and O–H groups in total. The van der Waals surface area contributed by atoms with Crippen LogP contribution in [-0.4, -0.2) is 27.0 Å². The first-order valence-electron chi connectivity index (χ1n) is 7.62. The summed E-state index contributed by atoms with van der Waals surface area (Å²) in [6.07, 6.45) is 2.32. The van der Waals surface area contributed by atoms with Gasteiger partial charge >= 0.3 is 21.6 Å². The lowest BCUT2D eigenvalue weighted by molar-refractivity contribution is -0.0500. The molecule has 1 unspecified atom stereocenters. The first kappa shape index (κ1) is 19.6. The van der Waals surface area contributed by atoms with Crippen LogP contribution in [0.3, 0.4) is 0 Å². The number of ether oxygens (including phenoxy) is 1. The molecule has 0 aromatic heterocycles. The number of rotatable bonds is 4. The van der Waals surface area contributed by atoms with Gasteiger partial charge in [0.05, 0.1) is 12.7 Å². The third-order valence-electron chi connectivity index (χ3n) is 4.55. The van der Waals surface area contributed by atoms with Gasteiger partial charge in [-0.2, -0.15) is 21.6 Å². The summed E-state index contributed by atoms with van der Waals surface area (Å²) >= 11 is 0. The number of esters is 1. The van der Waals surface area contributed by atoms with Gasteiger partial charge in [-0.05, 0) is 42.4 Å². The molecule has 1 aromatic carbocycles. The lowest BCUT2D eigenvalue weighted by Gasteiger charge is -2.29. The molecule has 1 aliphatic carbocycles. The van der Waals surface area contributed by atoms with Crippen molar-refractivity contribution < 1.29 is 35.3 Å². The van der Waals surface area contributed by atoms with E-state index in [-0.39, 0.29) is 22.5 Å². The Morgan fingerprint density at radius 3 is 2.40 bits per heavy atom. The van der Waals surface area contributed by atoms with Crippen LogP contribution in [0.25, 0.3) is 0 Å². The van der Waals surface area contributed by atoms with Crippen molar-refractivity contribution in [1.82, 2.24) is 0 Å². The fourth-order valence-corrected chi connectivity index (χ4v) is 3.69. The maximum absolute atomic E-state index is 12.7. The second-order valence-electron chi connectivity index (χ2n) is 6.66. The lowest BCUT2D eigenvalue weighted by atomic mass is 9.77. The van der Waals surface area contributed by atoms with Crippen LogP contribution in [0.2, 0.25) is 0 Å². The van der Waals surface area contributed by atoms with Gasteiger partial charge in [-0.15, -0.1) is 0 Å². The van der Waals surface area contributed by atoms with E-state index in [9.17, 15) is 26.4 Å². The molecule has 0 heterocycles. The van der Waals surface area contributed by atoms with E-state index in [4.69, 9.17) is 0 Å². The summed E-state index contributed by atoms with van der Waals surface area (Å²) in [4.78, 5) is 11.7. The molecule has 0 spiro atoms. The van der Waals surface area contributed by atoms with Crippen LogP contribution in [-0.2, 0) is 14.9 Å². The second kappa shape index (κ2) is 6.51. The fraction of sp³-hybridized carbons (Fsp3) is 0.562. The van der Waals surface area contributed by atoms with Crippen molar-refractivity contribution in [1.29, 1.82) is 0 Å². The molecule has 5 nitrogen and oxygen atoms in total. The predicted molar refractivity (Wildman–Crippen MR) is 83.8 cm³/mol. The summed E-state index contributed by atoms with van der Waals surface area (Å²) in [6, 6.07) is 3.60. The molecule has 1 atom stereocenters. The average Bonchev–Trinajstić information content (AvgIpc) is 2.84. The van der Waals surface area contributed by atoms with Crippen molar-refractivity contribution in [2.75, 3.05) is 7.11 Å².